The third-order valence-corrected chi connectivity index (χ3v) is 3.78. The van der Waals surface area contributed by atoms with Crippen LogP contribution in [0.2, 0.25) is 0 Å². The van der Waals surface area contributed by atoms with Crippen molar-refractivity contribution in [2.24, 2.45) is 5.92 Å². The van der Waals surface area contributed by atoms with Crippen LogP contribution in [0.4, 0.5) is 0 Å². The largest absolute Gasteiger partial charge is 0.494 e. The molecule has 1 aliphatic rings. The van der Waals surface area contributed by atoms with Crippen LogP contribution >= 0.6 is 0 Å². The van der Waals surface area contributed by atoms with E-state index in [9.17, 15) is 4.79 Å². The van der Waals surface area contributed by atoms with Crippen molar-refractivity contribution in [3.63, 3.8) is 0 Å². The second-order valence-electron chi connectivity index (χ2n) is 5.41. The Morgan fingerprint density at radius 3 is 2.58 bits per heavy atom. The highest BCUT2D eigenvalue weighted by Crippen LogP contribution is 2.16. The van der Waals surface area contributed by atoms with Gasteiger partial charge in [-0.05, 0) is 62.5 Å². The second-order valence-corrected chi connectivity index (χ2v) is 5.41. The second kappa shape index (κ2) is 7.29. The maximum absolute atomic E-state index is 10.5. The van der Waals surface area contributed by atoms with Crippen molar-refractivity contribution in [3.05, 3.63) is 29.8 Å². The van der Waals surface area contributed by atoms with Crippen LogP contribution in [0.15, 0.2) is 24.3 Å². The molecule has 1 aromatic carbocycles. The fourth-order valence-corrected chi connectivity index (χ4v) is 2.41. The molecule has 0 aliphatic carbocycles. The minimum atomic E-state index is 0.690. The Balaban J connectivity index is 1.62. The van der Waals surface area contributed by atoms with E-state index in [0.29, 0.717) is 5.56 Å². The molecule has 0 radical (unpaired) electrons. The minimum Gasteiger partial charge on any atom is -0.494 e. The minimum absolute atomic E-state index is 0.690. The van der Waals surface area contributed by atoms with Crippen LogP contribution < -0.4 is 4.74 Å². The SMILES string of the molecule is CC1CCN(CCCOc2ccc(C=O)cc2)CC1. The lowest BCUT2D eigenvalue weighted by Gasteiger charge is -2.30. The Morgan fingerprint density at radius 1 is 1.26 bits per heavy atom. The normalized spacial score (nSPS) is 17.3. The molecule has 0 aromatic heterocycles. The lowest BCUT2D eigenvalue weighted by molar-refractivity contribution is 0.112. The van der Waals surface area contributed by atoms with Crippen LogP contribution in [0.3, 0.4) is 0 Å². The van der Waals surface area contributed by atoms with E-state index in [-0.39, 0.29) is 0 Å². The fraction of sp³-hybridized carbons (Fsp3) is 0.562. The summed E-state index contributed by atoms with van der Waals surface area (Å²) < 4.78 is 5.68. The van der Waals surface area contributed by atoms with E-state index in [1.165, 1.54) is 25.9 Å². The number of nitrogens with zero attached hydrogens (tertiary/aromatic N) is 1. The summed E-state index contributed by atoms with van der Waals surface area (Å²) in [6.07, 6.45) is 4.56. The maximum atomic E-state index is 10.5. The number of benzene rings is 1. The summed E-state index contributed by atoms with van der Waals surface area (Å²) in [5.41, 5.74) is 0.690. The number of likely N-dealkylation sites (tertiary alicyclic amines) is 1. The van der Waals surface area contributed by atoms with Gasteiger partial charge in [0.05, 0.1) is 6.61 Å². The van der Waals surface area contributed by atoms with Crippen LogP contribution in [0, 0.1) is 5.92 Å². The van der Waals surface area contributed by atoms with Crippen molar-refractivity contribution >= 4 is 6.29 Å². The number of hydrogen-bond acceptors (Lipinski definition) is 3. The summed E-state index contributed by atoms with van der Waals surface area (Å²) in [5.74, 6) is 1.74. The maximum Gasteiger partial charge on any atom is 0.150 e. The van der Waals surface area contributed by atoms with E-state index < -0.39 is 0 Å². The molecule has 0 saturated carbocycles. The monoisotopic (exact) mass is 261 g/mol. The lowest BCUT2D eigenvalue weighted by Crippen LogP contribution is -2.34. The third kappa shape index (κ3) is 4.67. The van der Waals surface area contributed by atoms with Crippen LogP contribution in [-0.2, 0) is 0 Å². The quantitative estimate of drug-likeness (QED) is 0.582. The van der Waals surface area contributed by atoms with Crippen molar-refractivity contribution in [1.29, 1.82) is 0 Å². The van der Waals surface area contributed by atoms with Gasteiger partial charge in [-0.25, -0.2) is 0 Å². The standard InChI is InChI=1S/C16H23NO2/c1-14-7-10-17(11-8-14)9-2-12-19-16-5-3-15(13-18)4-6-16/h3-6,13-14H,2,7-12H2,1H3. The molecule has 0 amide bonds. The van der Waals surface area contributed by atoms with Crippen molar-refractivity contribution in [2.75, 3.05) is 26.2 Å². The molecule has 1 aliphatic heterocycles. The number of carbonyl (C=O) groups is 1. The average molecular weight is 261 g/mol. The molecule has 2 rings (SSSR count). The van der Waals surface area contributed by atoms with Crippen LogP contribution in [-0.4, -0.2) is 37.4 Å². The molecule has 0 unspecified atom stereocenters. The zero-order valence-corrected chi connectivity index (χ0v) is 11.7. The molecule has 0 N–H and O–H groups in total. The molecule has 1 aromatic rings. The van der Waals surface area contributed by atoms with Gasteiger partial charge in [-0.15, -0.1) is 0 Å². The van der Waals surface area contributed by atoms with E-state index in [1.807, 2.05) is 12.1 Å². The Kier molecular flexibility index (Phi) is 5.40. The van der Waals surface area contributed by atoms with E-state index in [4.69, 9.17) is 4.74 Å². The van der Waals surface area contributed by atoms with Crippen molar-refractivity contribution in [1.82, 2.24) is 4.90 Å². The van der Waals surface area contributed by atoms with Gasteiger partial charge < -0.3 is 9.64 Å². The molecule has 3 nitrogen and oxygen atoms in total. The van der Waals surface area contributed by atoms with Crippen LogP contribution in [0.5, 0.6) is 5.75 Å². The molecule has 1 fully saturated rings. The summed E-state index contributed by atoms with van der Waals surface area (Å²) in [6, 6.07) is 7.28. The number of piperidine rings is 1. The van der Waals surface area contributed by atoms with Gasteiger partial charge in [0.2, 0.25) is 0 Å². The van der Waals surface area contributed by atoms with Gasteiger partial charge in [0.15, 0.2) is 0 Å². The first kappa shape index (κ1) is 14.1. The molecular weight excluding hydrogens is 238 g/mol. The van der Waals surface area contributed by atoms with Crippen molar-refractivity contribution in [2.45, 2.75) is 26.2 Å². The Hall–Kier alpha value is -1.35. The number of carbonyl (C=O) groups excluding carboxylic acids is 1. The van der Waals surface area contributed by atoms with Gasteiger partial charge in [0.25, 0.3) is 0 Å². The fourth-order valence-electron chi connectivity index (χ4n) is 2.41. The first-order valence-corrected chi connectivity index (χ1v) is 7.18. The topological polar surface area (TPSA) is 29.5 Å². The summed E-state index contributed by atoms with van der Waals surface area (Å²) in [4.78, 5) is 13.1. The van der Waals surface area contributed by atoms with Gasteiger partial charge in [0.1, 0.15) is 12.0 Å². The van der Waals surface area contributed by atoms with Crippen LogP contribution in [0.25, 0.3) is 0 Å². The van der Waals surface area contributed by atoms with Gasteiger partial charge in [-0.1, -0.05) is 6.92 Å². The summed E-state index contributed by atoms with van der Waals surface area (Å²) >= 11 is 0. The van der Waals surface area contributed by atoms with E-state index in [2.05, 4.69) is 11.8 Å². The molecule has 1 saturated heterocycles. The van der Waals surface area contributed by atoms with E-state index >= 15 is 0 Å². The highest BCUT2D eigenvalue weighted by atomic mass is 16.5. The Morgan fingerprint density at radius 2 is 1.95 bits per heavy atom. The Labute approximate surface area is 115 Å². The Bertz CT molecular complexity index is 380. The molecule has 104 valence electrons. The van der Waals surface area contributed by atoms with Gasteiger partial charge in [0, 0.05) is 12.1 Å². The number of rotatable bonds is 6. The third-order valence-electron chi connectivity index (χ3n) is 3.78. The summed E-state index contributed by atoms with van der Waals surface area (Å²) in [5, 5.41) is 0. The van der Waals surface area contributed by atoms with Gasteiger partial charge in [-0.3, -0.25) is 4.79 Å². The first-order chi connectivity index (χ1) is 9.28. The predicted octanol–water partition coefficient (Wildman–Crippen LogP) is 3.00. The highest BCUT2D eigenvalue weighted by Gasteiger charge is 2.14. The number of ether oxygens (including phenoxy) is 1. The summed E-state index contributed by atoms with van der Waals surface area (Å²) in [6.45, 7) is 6.67. The number of hydrogen-bond donors (Lipinski definition) is 0. The van der Waals surface area contributed by atoms with Crippen LogP contribution in [0.1, 0.15) is 36.5 Å². The first-order valence-electron chi connectivity index (χ1n) is 7.18. The molecule has 0 spiro atoms. The van der Waals surface area contributed by atoms with E-state index in [0.717, 1.165) is 37.5 Å². The lowest BCUT2D eigenvalue weighted by atomic mass is 9.99. The molecule has 19 heavy (non-hydrogen) atoms. The molecule has 3 heteroatoms. The highest BCUT2D eigenvalue weighted by molar-refractivity contribution is 5.74. The average Bonchev–Trinajstić information content (AvgIpc) is 2.46. The predicted molar refractivity (Wildman–Crippen MR) is 76.8 cm³/mol. The van der Waals surface area contributed by atoms with Crippen molar-refractivity contribution in [3.8, 4) is 5.75 Å². The smallest absolute Gasteiger partial charge is 0.150 e. The number of aldehydes is 1. The van der Waals surface area contributed by atoms with Gasteiger partial charge in [-0.2, -0.15) is 0 Å². The molecule has 1 heterocycles. The zero-order chi connectivity index (χ0) is 13.5. The molecular formula is C16H23NO2. The summed E-state index contributed by atoms with van der Waals surface area (Å²) in [7, 11) is 0. The molecule has 0 atom stereocenters. The van der Waals surface area contributed by atoms with Crippen molar-refractivity contribution < 1.29 is 9.53 Å². The molecule has 0 bridgehead atoms. The van der Waals surface area contributed by atoms with E-state index in [1.54, 1.807) is 12.1 Å². The zero-order valence-electron chi connectivity index (χ0n) is 11.7. The van der Waals surface area contributed by atoms with Gasteiger partial charge >= 0.3 is 0 Å².